The third-order valence-electron chi connectivity index (χ3n) is 0.713. The summed E-state index contributed by atoms with van der Waals surface area (Å²) in [4.78, 5) is 9.64. The Hall–Kier alpha value is -0.0500. The first-order valence-corrected chi connectivity index (χ1v) is 3.39. The number of unbranched alkanes of at least 4 members (excludes halogenated alkanes) is 1. The summed E-state index contributed by atoms with van der Waals surface area (Å²) >= 11 is 2.64. The van der Waals surface area contributed by atoms with Gasteiger partial charge in [-0.2, -0.15) is 0 Å². The fraction of sp³-hybridized carbons (Fsp3) is 0.800. The number of hydrogen-bond acceptors (Lipinski definition) is 2. The maximum absolute atomic E-state index is 10.0. The summed E-state index contributed by atoms with van der Waals surface area (Å²) < 4.78 is 4.56. The normalized spacial score (nSPS) is 8.75. The second-order valence-corrected chi connectivity index (χ2v) is 2.09. The molecule has 0 atom stereocenters. The van der Waals surface area contributed by atoms with E-state index in [0.717, 1.165) is 12.8 Å². The van der Waals surface area contributed by atoms with E-state index >= 15 is 0 Å². The first-order chi connectivity index (χ1) is 3.77. The molecular weight excluding hydrogens is 172 g/mol. The molecule has 0 bridgehead atoms. The fourth-order valence-electron chi connectivity index (χ4n) is 0.297. The molecule has 0 saturated carbocycles. The monoisotopic (exact) mass is 180 g/mol. The molecule has 2 nitrogen and oxygen atoms in total. The molecule has 0 aromatic carbocycles. The van der Waals surface area contributed by atoms with Crippen LogP contribution in [-0.2, 0) is 4.74 Å². The summed E-state index contributed by atoms with van der Waals surface area (Å²) in [6, 6.07) is 0. The molecule has 8 heavy (non-hydrogen) atoms. The number of carbonyl (C=O) groups excluding carboxylic acids is 1. The van der Waals surface area contributed by atoms with Crippen molar-refractivity contribution >= 4 is 20.8 Å². The lowest BCUT2D eigenvalue weighted by atomic mass is 10.4. The van der Waals surface area contributed by atoms with E-state index in [1.807, 2.05) is 6.92 Å². The Bertz CT molecular complexity index is 72.8. The smallest absolute Gasteiger partial charge is 0.374 e. The average Bonchev–Trinajstić information content (AvgIpc) is 1.66. The van der Waals surface area contributed by atoms with E-state index < -0.39 is 0 Å². The highest BCUT2D eigenvalue weighted by Crippen LogP contribution is 1.93. The van der Waals surface area contributed by atoms with Crippen molar-refractivity contribution in [3.63, 3.8) is 0 Å². The van der Waals surface area contributed by atoms with Gasteiger partial charge in [-0.15, -0.1) is 0 Å². The highest BCUT2D eigenvalue weighted by molar-refractivity contribution is 9.18. The van der Waals surface area contributed by atoms with Crippen molar-refractivity contribution in [2.75, 3.05) is 6.61 Å². The Kier molecular flexibility index (Phi) is 5.06. The van der Waals surface area contributed by atoms with Crippen LogP contribution in [0.15, 0.2) is 0 Å². The van der Waals surface area contributed by atoms with E-state index in [0.29, 0.717) is 6.61 Å². The molecule has 0 spiro atoms. The van der Waals surface area contributed by atoms with Crippen molar-refractivity contribution < 1.29 is 9.53 Å². The summed E-state index contributed by atoms with van der Waals surface area (Å²) in [5.74, 6) is 0. The molecule has 3 heteroatoms. The van der Waals surface area contributed by atoms with Crippen LogP contribution >= 0.6 is 15.9 Å². The molecule has 0 aromatic heterocycles. The van der Waals surface area contributed by atoms with Crippen LogP contribution in [0.4, 0.5) is 4.79 Å². The zero-order valence-electron chi connectivity index (χ0n) is 4.82. The van der Waals surface area contributed by atoms with Crippen molar-refractivity contribution in [3.8, 4) is 0 Å². The van der Waals surface area contributed by atoms with Crippen LogP contribution in [0.2, 0.25) is 0 Å². The molecule has 0 aliphatic carbocycles. The van der Waals surface area contributed by atoms with E-state index in [1.54, 1.807) is 0 Å². The number of carbonyl (C=O) groups is 1. The number of hydrogen-bond donors (Lipinski definition) is 0. The molecule has 48 valence electrons. The number of halogens is 1. The van der Waals surface area contributed by atoms with Gasteiger partial charge in [0, 0.05) is 15.9 Å². The lowest BCUT2D eigenvalue weighted by Gasteiger charge is -1.95. The Morgan fingerprint density at radius 3 is 2.75 bits per heavy atom. The molecule has 0 amide bonds. The Morgan fingerprint density at radius 1 is 1.75 bits per heavy atom. The van der Waals surface area contributed by atoms with E-state index in [4.69, 9.17) is 0 Å². The summed E-state index contributed by atoms with van der Waals surface area (Å²) in [6.07, 6.45) is 2.00. The first kappa shape index (κ1) is 7.95. The fourth-order valence-corrected chi connectivity index (χ4v) is 0.459. The molecule has 0 unspecified atom stereocenters. The Morgan fingerprint density at radius 2 is 2.38 bits per heavy atom. The maximum Gasteiger partial charge on any atom is 0.374 e. The summed E-state index contributed by atoms with van der Waals surface area (Å²) in [6.45, 7) is 2.57. The molecule has 0 aliphatic rings. The van der Waals surface area contributed by atoms with Gasteiger partial charge in [0.15, 0.2) is 0 Å². The van der Waals surface area contributed by atoms with Gasteiger partial charge < -0.3 is 4.74 Å². The van der Waals surface area contributed by atoms with Crippen LogP contribution in [0.25, 0.3) is 0 Å². The topological polar surface area (TPSA) is 26.3 Å². The van der Waals surface area contributed by atoms with Crippen molar-refractivity contribution in [2.24, 2.45) is 0 Å². The van der Waals surface area contributed by atoms with E-state index in [2.05, 4.69) is 20.7 Å². The van der Waals surface area contributed by atoms with Crippen LogP contribution < -0.4 is 0 Å². The molecule has 0 saturated heterocycles. The maximum atomic E-state index is 10.0. The summed E-state index contributed by atoms with van der Waals surface area (Å²) in [7, 11) is 0. The van der Waals surface area contributed by atoms with Crippen molar-refractivity contribution in [1.82, 2.24) is 0 Å². The second kappa shape index (κ2) is 5.09. The van der Waals surface area contributed by atoms with Crippen LogP contribution in [0, 0.1) is 0 Å². The molecule has 0 radical (unpaired) electrons. The molecule has 0 heterocycles. The number of rotatable bonds is 3. The van der Waals surface area contributed by atoms with Gasteiger partial charge in [0.1, 0.15) is 0 Å². The molecule has 0 aromatic rings. The molecule has 0 aliphatic heterocycles. The SMILES string of the molecule is CCCCOC(=O)Br. The third kappa shape index (κ3) is 5.95. The minimum atomic E-state index is -0.369. The minimum Gasteiger partial charge on any atom is -0.457 e. The highest BCUT2D eigenvalue weighted by atomic mass is 79.9. The minimum absolute atomic E-state index is 0.369. The van der Waals surface area contributed by atoms with Crippen LogP contribution in [0.5, 0.6) is 0 Å². The van der Waals surface area contributed by atoms with Gasteiger partial charge in [0.25, 0.3) is 0 Å². The van der Waals surface area contributed by atoms with Crippen molar-refractivity contribution in [3.05, 3.63) is 0 Å². The van der Waals surface area contributed by atoms with Gasteiger partial charge in [-0.25, -0.2) is 4.79 Å². The zero-order chi connectivity index (χ0) is 6.41. The van der Waals surface area contributed by atoms with Gasteiger partial charge in [-0.3, -0.25) is 0 Å². The molecule has 0 N–H and O–H groups in total. The van der Waals surface area contributed by atoms with Crippen molar-refractivity contribution in [2.45, 2.75) is 19.8 Å². The van der Waals surface area contributed by atoms with E-state index in [-0.39, 0.29) is 4.88 Å². The highest BCUT2D eigenvalue weighted by Gasteiger charge is 1.90. The van der Waals surface area contributed by atoms with Crippen LogP contribution in [0.3, 0.4) is 0 Å². The predicted octanol–water partition coefficient (Wildman–Crippen LogP) is 2.32. The second-order valence-electron chi connectivity index (χ2n) is 1.44. The molecule has 0 fully saturated rings. The quantitative estimate of drug-likeness (QED) is 0.493. The molecule has 0 rings (SSSR count). The largest absolute Gasteiger partial charge is 0.457 e. The van der Waals surface area contributed by atoms with Gasteiger partial charge >= 0.3 is 4.88 Å². The van der Waals surface area contributed by atoms with Gasteiger partial charge in [0.2, 0.25) is 0 Å². The average molecular weight is 181 g/mol. The van der Waals surface area contributed by atoms with Gasteiger partial charge in [-0.05, 0) is 6.42 Å². The Labute approximate surface area is 57.3 Å². The lowest BCUT2D eigenvalue weighted by molar-refractivity contribution is 0.175. The van der Waals surface area contributed by atoms with Crippen LogP contribution in [-0.4, -0.2) is 11.5 Å². The first-order valence-electron chi connectivity index (χ1n) is 2.59. The number of ether oxygens (including phenoxy) is 1. The standard InChI is InChI=1S/C5H9BrO2/c1-2-3-4-8-5(6)7/h2-4H2,1H3. The third-order valence-corrected chi connectivity index (χ3v) is 0.942. The van der Waals surface area contributed by atoms with Crippen molar-refractivity contribution in [1.29, 1.82) is 0 Å². The van der Waals surface area contributed by atoms with Gasteiger partial charge in [0.05, 0.1) is 6.61 Å². The lowest BCUT2D eigenvalue weighted by Crippen LogP contribution is -1.94. The Balaban J connectivity index is 2.82. The van der Waals surface area contributed by atoms with Crippen LogP contribution in [0.1, 0.15) is 19.8 Å². The van der Waals surface area contributed by atoms with Gasteiger partial charge in [-0.1, -0.05) is 13.3 Å². The van der Waals surface area contributed by atoms with E-state index in [9.17, 15) is 4.79 Å². The summed E-state index contributed by atoms with van der Waals surface area (Å²) in [5.41, 5.74) is 0. The van der Waals surface area contributed by atoms with E-state index in [1.165, 1.54) is 0 Å². The zero-order valence-corrected chi connectivity index (χ0v) is 6.40. The molecular formula is C5H9BrO2. The summed E-state index contributed by atoms with van der Waals surface area (Å²) in [5, 5.41) is 0. The predicted molar refractivity (Wildman–Crippen MR) is 35.2 cm³/mol.